The van der Waals surface area contributed by atoms with Crippen LogP contribution >= 0.6 is 24.0 Å². The molecule has 1 aliphatic carbocycles. The number of hydrogen-bond acceptors (Lipinski definition) is 3. The summed E-state index contributed by atoms with van der Waals surface area (Å²) in [5.41, 5.74) is 3.66. The van der Waals surface area contributed by atoms with Gasteiger partial charge in [0.05, 0.1) is 18.8 Å². The molecule has 0 spiro atoms. The standard InChI is InChI=1S/C17H31N5O.HI/c1-6-18-16(19-10-17(11-23)7-8-17)20-12(2)9-15-13(3)21-22(5)14(15)4;/h12,23H,6-11H2,1-5H3,(H2,18,19,20);1H. The van der Waals surface area contributed by atoms with Crippen LogP contribution in [0, 0.1) is 19.3 Å². The molecule has 1 aromatic rings. The third-order valence-corrected chi connectivity index (χ3v) is 4.76. The number of aliphatic hydroxyl groups excluding tert-OH is 1. The van der Waals surface area contributed by atoms with Gasteiger partial charge in [-0.25, -0.2) is 0 Å². The van der Waals surface area contributed by atoms with E-state index in [0.29, 0.717) is 6.54 Å². The highest BCUT2D eigenvalue weighted by Crippen LogP contribution is 2.45. The number of rotatable bonds is 7. The highest BCUT2D eigenvalue weighted by Gasteiger charge is 2.41. The lowest BCUT2D eigenvalue weighted by atomic mass is 10.1. The minimum atomic E-state index is 0. The second kappa shape index (κ2) is 9.03. The van der Waals surface area contributed by atoms with Gasteiger partial charge in [-0.05, 0) is 52.5 Å². The first-order chi connectivity index (χ1) is 10.9. The summed E-state index contributed by atoms with van der Waals surface area (Å²) in [7, 11) is 1.99. The number of nitrogens with one attached hydrogen (secondary N) is 2. The molecule has 6 nitrogen and oxygen atoms in total. The first kappa shape index (κ1) is 21.2. The average molecular weight is 449 g/mol. The Kier molecular flexibility index (Phi) is 7.98. The molecule has 2 rings (SSSR count). The summed E-state index contributed by atoms with van der Waals surface area (Å²) in [4.78, 5) is 4.66. The van der Waals surface area contributed by atoms with Gasteiger partial charge >= 0.3 is 0 Å². The number of aliphatic imine (C=N–C) groups is 1. The molecular weight excluding hydrogens is 417 g/mol. The second-order valence-electron chi connectivity index (χ2n) is 6.88. The Morgan fingerprint density at radius 2 is 2.08 bits per heavy atom. The molecule has 24 heavy (non-hydrogen) atoms. The number of aromatic nitrogens is 2. The van der Waals surface area contributed by atoms with E-state index in [9.17, 15) is 5.11 Å². The zero-order chi connectivity index (χ0) is 17.0. The van der Waals surface area contributed by atoms with Gasteiger partial charge in [0.2, 0.25) is 0 Å². The third-order valence-electron chi connectivity index (χ3n) is 4.76. The predicted octanol–water partition coefficient (Wildman–Crippen LogP) is 1.91. The Morgan fingerprint density at radius 3 is 2.54 bits per heavy atom. The second-order valence-corrected chi connectivity index (χ2v) is 6.88. The van der Waals surface area contributed by atoms with E-state index < -0.39 is 0 Å². The van der Waals surface area contributed by atoms with Gasteiger partial charge in [0.1, 0.15) is 0 Å². The maximum absolute atomic E-state index is 9.42. The third kappa shape index (κ3) is 5.34. The molecule has 1 saturated carbocycles. The molecule has 0 radical (unpaired) electrons. The highest BCUT2D eigenvalue weighted by atomic mass is 127. The first-order valence-corrected chi connectivity index (χ1v) is 8.55. The monoisotopic (exact) mass is 449 g/mol. The van der Waals surface area contributed by atoms with Crippen LogP contribution in [0.1, 0.15) is 43.6 Å². The topological polar surface area (TPSA) is 74.5 Å². The van der Waals surface area contributed by atoms with Crippen molar-refractivity contribution in [3.05, 3.63) is 17.0 Å². The highest BCUT2D eigenvalue weighted by molar-refractivity contribution is 14.0. The van der Waals surface area contributed by atoms with Crippen molar-refractivity contribution in [2.75, 3.05) is 19.7 Å². The van der Waals surface area contributed by atoms with Gasteiger partial charge in [-0.1, -0.05) is 0 Å². The first-order valence-electron chi connectivity index (χ1n) is 8.55. The van der Waals surface area contributed by atoms with E-state index in [4.69, 9.17) is 0 Å². The fourth-order valence-electron chi connectivity index (χ4n) is 2.81. The predicted molar refractivity (Wildman–Crippen MR) is 109 cm³/mol. The lowest BCUT2D eigenvalue weighted by Gasteiger charge is -2.19. The smallest absolute Gasteiger partial charge is 0.191 e. The minimum absolute atomic E-state index is 0. The van der Waals surface area contributed by atoms with Crippen LogP contribution < -0.4 is 10.6 Å². The Bertz CT molecular complexity index is 566. The van der Waals surface area contributed by atoms with E-state index in [1.54, 1.807) is 0 Å². The maximum atomic E-state index is 9.42. The van der Waals surface area contributed by atoms with Gasteiger partial charge in [-0.3, -0.25) is 9.67 Å². The van der Waals surface area contributed by atoms with Gasteiger partial charge in [-0.2, -0.15) is 5.10 Å². The summed E-state index contributed by atoms with van der Waals surface area (Å²) >= 11 is 0. The van der Waals surface area contributed by atoms with Gasteiger partial charge in [-0.15, -0.1) is 24.0 Å². The largest absolute Gasteiger partial charge is 0.396 e. The van der Waals surface area contributed by atoms with Crippen LogP contribution in [0.15, 0.2) is 4.99 Å². The van der Waals surface area contributed by atoms with Crippen LogP contribution in [-0.4, -0.2) is 46.6 Å². The molecule has 0 bridgehead atoms. The van der Waals surface area contributed by atoms with E-state index in [1.807, 2.05) is 11.7 Å². The Hall–Kier alpha value is -0.830. The molecule has 0 aliphatic heterocycles. The SMILES string of the molecule is CCNC(=NCC1(CO)CC1)NC(C)Cc1c(C)nn(C)c1C.I. The fraction of sp³-hybridized carbons (Fsp3) is 0.765. The summed E-state index contributed by atoms with van der Waals surface area (Å²) in [5.74, 6) is 0.832. The van der Waals surface area contributed by atoms with Gasteiger partial charge < -0.3 is 15.7 Å². The van der Waals surface area contributed by atoms with E-state index in [0.717, 1.165) is 37.5 Å². The number of aryl methyl sites for hydroxylation is 2. The quantitative estimate of drug-likeness (QED) is 0.338. The summed E-state index contributed by atoms with van der Waals surface area (Å²) in [6.45, 7) is 10.2. The van der Waals surface area contributed by atoms with Gasteiger partial charge in [0.25, 0.3) is 0 Å². The number of guanidine groups is 1. The Balaban J connectivity index is 0.00000288. The zero-order valence-corrected chi connectivity index (χ0v) is 17.8. The summed E-state index contributed by atoms with van der Waals surface area (Å²) in [5, 5.41) is 20.7. The minimum Gasteiger partial charge on any atom is -0.396 e. The van der Waals surface area contributed by atoms with Crippen LogP contribution in [0.25, 0.3) is 0 Å². The number of hydrogen-bond donors (Lipinski definition) is 3. The van der Waals surface area contributed by atoms with Crippen molar-refractivity contribution < 1.29 is 5.11 Å². The molecule has 7 heteroatoms. The van der Waals surface area contributed by atoms with Crippen molar-refractivity contribution in [1.29, 1.82) is 0 Å². The number of aliphatic hydroxyl groups is 1. The van der Waals surface area contributed by atoms with Crippen LogP contribution in [0.2, 0.25) is 0 Å². The molecule has 1 aliphatic rings. The average Bonchev–Trinajstić information content (AvgIpc) is 3.25. The maximum Gasteiger partial charge on any atom is 0.191 e. The van der Waals surface area contributed by atoms with Crippen molar-refractivity contribution in [2.45, 2.75) is 53.0 Å². The molecular formula is C17H32IN5O. The molecule has 1 unspecified atom stereocenters. The van der Waals surface area contributed by atoms with Crippen molar-refractivity contribution in [2.24, 2.45) is 17.5 Å². The van der Waals surface area contributed by atoms with Crippen molar-refractivity contribution in [3.63, 3.8) is 0 Å². The van der Waals surface area contributed by atoms with Crippen LogP contribution in [-0.2, 0) is 13.5 Å². The van der Waals surface area contributed by atoms with Crippen LogP contribution in [0.4, 0.5) is 0 Å². The lowest BCUT2D eigenvalue weighted by Crippen LogP contribution is -2.43. The van der Waals surface area contributed by atoms with Gasteiger partial charge in [0, 0.05) is 30.7 Å². The van der Waals surface area contributed by atoms with Crippen molar-refractivity contribution in [1.82, 2.24) is 20.4 Å². The molecule has 138 valence electrons. The normalized spacial score (nSPS) is 17.2. The molecule has 0 saturated heterocycles. The van der Waals surface area contributed by atoms with Crippen molar-refractivity contribution >= 4 is 29.9 Å². The van der Waals surface area contributed by atoms with E-state index in [2.05, 4.69) is 48.4 Å². The summed E-state index contributed by atoms with van der Waals surface area (Å²) < 4.78 is 1.94. The molecule has 1 atom stereocenters. The van der Waals surface area contributed by atoms with E-state index in [1.165, 1.54) is 11.3 Å². The van der Waals surface area contributed by atoms with Crippen LogP contribution in [0.5, 0.6) is 0 Å². The molecule has 0 aromatic carbocycles. The molecule has 3 N–H and O–H groups in total. The molecule has 1 fully saturated rings. The molecule has 1 aromatic heterocycles. The molecule has 1 heterocycles. The van der Waals surface area contributed by atoms with E-state index in [-0.39, 0.29) is 42.0 Å². The molecule has 0 amide bonds. The summed E-state index contributed by atoms with van der Waals surface area (Å²) in [6.07, 6.45) is 3.08. The zero-order valence-electron chi connectivity index (χ0n) is 15.5. The van der Waals surface area contributed by atoms with Crippen LogP contribution in [0.3, 0.4) is 0 Å². The van der Waals surface area contributed by atoms with Gasteiger partial charge in [0.15, 0.2) is 5.96 Å². The van der Waals surface area contributed by atoms with Crippen molar-refractivity contribution in [3.8, 4) is 0 Å². The number of nitrogens with zero attached hydrogens (tertiary/aromatic N) is 3. The number of halogens is 1. The summed E-state index contributed by atoms with van der Waals surface area (Å²) in [6, 6.07) is 0.263. The fourth-order valence-corrected chi connectivity index (χ4v) is 2.81. The Labute approximate surface area is 162 Å². The Morgan fingerprint density at radius 1 is 1.42 bits per heavy atom. The van der Waals surface area contributed by atoms with E-state index >= 15 is 0 Å². The lowest BCUT2D eigenvalue weighted by molar-refractivity contribution is 0.217.